The first kappa shape index (κ1) is 20.5. The van der Waals surface area contributed by atoms with E-state index in [1.54, 1.807) is 12.1 Å². The summed E-state index contributed by atoms with van der Waals surface area (Å²) in [5.74, 6) is -0.419. The van der Waals surface area contributed by atoms with Crippen molar-refractivity contribution in [2.45, 2.75) is 17.9 Å². The molecule has 0 aliphatic rings. The van der Waals surface area contributed by atoms with Gasteiger partial charge in [-0.2, -0.15) is 0 Å². The van der Waals surface area contributed by atoms with Gasteiger partial charge in [-0.25, -0.2) is 8.42 Å². The molecular formula is C20H16F3NO4S. The fraction of sp³-hybridized carbons (Fsp3) is 0.100. The lowest BCUT2D eigenvalue weighted by Crippen LogP contribution is -2.20. The summed E-state index contributed by atoms with van der Waals surface area (Å²) in [5.41, 5.74) is 1.06. The molecule has 0 aromatic heterocycles. The fourth-order valence-electron chi connectivity index (χ4n) is 2.48. The van der Waals surface area contributed by atoms with Crippen LogP contribution >= 0.6 is 0 Å². The van der Waals surface area contributed by atoms with Crippen molar-refractivity contribution >= 4 is 15.7 Å². The van der Waals surface area contributed by atoms with Crippen LogP contribution in [0, 0.1) is 0 Å². The maximum absolute atomic E-state index is 12.6. The molecule has 29 heavy (non-hydrogen) atoms. The zero-order valence-corrected chi connectivity index (χ0v) is 15.7. The number of nitrogens with one attached hydrogen (secondary N) is 1. The highest BCUT2D eigenvalue weighted by Gasteiger charge is 2.34. The Bertz CT molecular complexity index is 1070. The number of hydrogen-bond donors (Lipinski definition) is 1. The molecule has 152 valence electrons. The first-order valence-electron chi connectivity index (χ1n) is 8.37. The van der Waals surface area contributed by atoms with Gasteiger partial charge in [-0.05, 0) is 29.8 Å². The second-order valence-corrected chi connectivity index (χ2v) is 7.55. The number of alkyl halides is 3. The third-order valence-corrected chi connectivity index (χ3v) is 5.12. The Morgan fingerprint density at radius 3 is 2.28 bits per heavy atom. The van der Waals surface area contributed by atoms with E-state index in [1.165, 1.54) is 24.3 Å². The predicted octanol–water partition coefficient (Wildman–Crippen LogP) is 4.97. The molecule has 0 aliphatic carbocycles. The van der Waals surface area contributed by atoms with Crippen molar-refractivity contribution in [3.63, 3.8) is 0 Å². The molecule has 5 nitrogen and oxygen atoms in total. The zero-order valence-electron chi connectivity index (χ0n) is 14.9. The summed E-state index contributed by atoms with van der Waals surface area (Å²) in [4.78, 5) is -0.632. The first-order valence-corrected chi connectivity index (χ1v) is 9.86. The van der Waals surface area contributed by atoms with E-state index >= 15 is 0 Å². The quantitative estimate of drug-likeness (QED) is 0.583. The smallest absolute Gasteiger partial charge is 0.489 e. The topological polar surface area (TPSA) is 64.6 Å². The minimum Gasteiger partial charge on any atom is -0.489 e. The lowest BCUT2D eigenvalue weighted by atomic mass is 10.2. The molecule has 0 saturated carbocycles. The number of anilines is 1. The summed E-state index contributed by atoms with van der Waals surface area (Å²) in [7, 11) is -4.33. The number of hydrogen-bond acceptors (Lipinski definition) is 4. The summed E-state index contributed by atoms with van der Waals surface area (Å²) in [6.45, 7) is 0.277. The zero-order chi connectivity index (χ0) is 20.9. The standard InChI is InChI=1S/C20H16F3NO4S/c21-20(22,23)28-18-11-4-5-12-19(18)29(25,26)24-16-9-6-10-17(13-16)27-14-15-7-2-1-3-8-15/h1-13,24H,14H2. The molecule has 1 N–H and O–H groups in total. The Labute approximate surface area is 165 Å². The molecule has 0 saturated heterocycles. The van der Waals surface area contributed by atoms with Gasteiger partial charge in [-0.1, -0.05) is 48.5 Å². The molecule has 0 unspecified atom stereocenters. The summed E-state index contributed by atoms with van der Waals surface area (Å²) in [6, 6.07) is 20.0. The first-order chi connectivity index (χ1) is 13.7. The lowest BCUT2D eigenvalue weighted by Gasteiger charge is -2.15. The summed E-state index contributed by atoms with van der Waals surface area (Å²) in [5, 5.41) is 0. The number of ether oxygens (including phenoxy) is 2. The average molecular weight is 423 g/mol. The molecule has 0 aliphatic heterocycles. The number of halogens is 3. The van der Waals surface area contributed by atoms with Crippen LogP contribution in [0.15, 0.2) is 83.8 Å². The number of para-hydroxylation sites is 1. The highest BCUT2D eigenvalue weighted by atomic mass is 32.2. The Balaban J connectivity index is 1.77. The van der Waals surface area contributed by atoms with E-state index in [0.29, 0.717) is 5.75 Å². The minimum absolute atomic E-state index is 0.136. The van der Waals surface area contributed by atoms with Crippen molar-refractivity contribution in [2.24, 2.45) is 0 Å². The molecule has 0 heterocycles. The fourth-order valence-corrected chi connectivity index (χ4v) is 3.66. The van der Waals surface area contributed by atoms with Crippen LogP contribution in [0.5, 0.6) is 11.5 Å². The SMILES string of the molecule is O=S(=O)(Nc1cccc(OCc2ccccc2)c1)c1ccccc1OC(F)(F)F. The van der Waals surface area contributed by atoms with E-state index in [9.17, 15) is 21.6 Å². The number of sulfonamides is 1. The molecule has 0 bridgehead atoms. The van der Waals surface area contributed by atoms with Gasteiger partial charge >= 0.3 is 6.36 Å². The summed E-state index contributed by atoms with van der Waals surface area (Å²) >= 11 is 0. The van der Waals surface area contributed by atoms with Gasteiger partial charge in [0.25, 0.3) is 10.0 Å². The molecule has 0 fully saturated rings. The molecule has 3 aromatic rings. The van der Waals surface area contributed by atoms with Gasteiger partial charge in [-0.3, -0.25) is 4.72 Å². The highest BCUT2D eigenvalue weighted by Crippen LogP contribution is 2.31. The average Bonchev–Trinajstić information content (AvgIpc) is 2.66. The van der Waals surface area contributed by atoms with Crippen LogP contribution in [-0.4, -0.2) is 14.8 Å². The highest BCUT2D eigenvalue weighted by molar-refractivity contribution is 7.92. The van der Waals surface area contributed by atoms with Gasteiger partial charge in [0.15, 0.2) is 0 Å². The predicted molar refractivity (Wildman–Crippen MR) is 101 cm³/mol. The van der Waals surface area contributed by atoms with Gasteiger partial charge in [-0.15, -0.1) is 13.2 Å². The Morgan fingerprint density at radius 1 is 0.862 bits per heavy atom. The van der Waals surface area contributed by atoms with Crippen molar-refractivity contribution in [1.82, 2.24) is 0 Å². The van der Waals surface area contributed by atoms with E-state index in [1.807, 2.05) is 30.3 Å². The Morgan fingerprint density at radius 2 is 1.55 bits per heavy atom. The molecule has 3 aromatic carbocycles. The van der Waals surface area contributed by atoms with Gasteiger partial charge in [0.05, 0.1) is 5.69 Å². The second-order valence-electron chi connectivity index (χ2n) is 5.90. The maximum Gasteiger partial charge on any atom is 0.573 e. The van der Waals surface area contributed by atoms with Crippen LogP contribution < -0.4 is 14.2 Å². The minimum atomic E-state index is -5.02. The Kier molecular flexibility index (Phi) is 5.97. The van der Waals surface area contributed by atoms with E-state index in [4.69, 9.17) is 4.74 Å². The Hall–Kier alpha value is -3.20. The molecule has 0 spiro atoms. The van der Waals surface area contributed by atoms with E-state index in [0.717, 1.165) is 17.7 Å². The molecule has 0 amide bonds. The molecule has 3 rings (SSSR count). The monoisotopic (exact) mass is 423 g/mol. The van der Waals surface area contributed by atoms with Gasteiger partial charge in [0.2, 0.25) is 0 Å². The van der Waals surface area contributed by atoms with Crippen LogP contribution in [0.4, 0.5) is 18.9 Å². The van der Waals surface area contributed by atoms with Gasteiger partial charge in [0, 0.05) is 6.07 Å². The van der Waals surface area contributed by atoms with Crippen LogP contribution in [0.3, 0.4) is 0 Å². The van der Waals surface area contributed by atoms with Crippen LogP contribution in [0.1, 0.15) is 5.56 Å². The number of rotatable bonds is 7. The maximum atomic E-state index is 12.6. The lowest BCUT2D eigenvalue weighted by molar-refractivity contribution is -0.275. The normalized spacial score (nSPS) is 11.7. The van der Waals surface area contributed by atoms with Crippen molar-refractivity contribution in [2.75, 3.05) is 4.72 Å². The summed E-state index contributed by atoms with van der Waals surface area (Å²) in [6.07, 6.45) is -5.02. The van der Waals surface area contributed by atoms with Gasteiger partial charge < -0.3 is 9.47 Å². The third kappa shape index (κ3) is 5.89. The van der Waals surface area contributed by atoms with Crippen LogP contribution in [-0.2, 0) is 16.6 Å². The molecule has 0 radical (unpaired) electrons. The van der Waals surface area contributed by atoms with Crippen LogP contribution in [0.2, 0.25) is 0 Å². The van der Waals surface area contributed by atoms with Crippen molar-refractivity contribution in [3.05, 3.63) is 84.4 Å². The van der Waals surface area contributed by atoms with Crippen LogP contribution in [0.25, 0.3) is 0 Å². The van der Waals surface area contributed by atoms with E-state index in [-0.39, 0.29) is 12.3 Å². The van der Waals surface area contributed by atoms with E-state index in [2.05, 4.69) is 9.46 Å². The van der Waals surface area contributed by atoms with E-state index < -0.39 is 27.0 Å². The summed E-state index contributed by atoms with van der Waals surface area (Å²) < 4.78 is 74.6. The second kappa shape index (κ2) is 8.44. The van der Waals surface area contributed by atoms with Crippen molar-refractivity contribution in [1.29, 1.82) is 0 Å². The third-order valence-electron chi connectivity index (χ3n) is 3.70. The van der Waals surface area contributed by atoms with Crippen molar-refractivity contribution < 1.29 is 31.1 Å². The molecular weight excluding hydrogens is 407 g/mol. The molecule has 9 heteroatoms. The number of benzene rings is 3. The molecule has 0 atom stereocenters. The van der Waals surface area contributed by atoms with Gasteiger partial charge in [0.1, 0.15) is 23.0 Å². The largest absolute Gasteiger partial charge is 0.573 e. The van der Waals surface area contributed by atoms with Crippen molar-refractivity contribution in [3.8, 4) is 11.5 Å².